The molecule has 0 aromatic carbocycles. The van der Waals surface area contributed by atoms with Crippen molar-refractivity contribution >= 4 is 23.2 Å². The molecular formula is C20H17ClF6N4O3. The lowest BCUT2D eigenvalue weighted by Crippen LogP contribution is -2.60. The molecule has 3 heterocycles. The number of rotatable bonds is 6. The first-order chi connectivity index (χ1) is 15.7. The number of pyridine rings is 2. The van der Waals surface area contributed by atoms with Gasteiger partial charge in [0.1, 0.15) is 28.6 Å². The topological polar surface area (TPSA) is 99.7 Å². The zero-order valence-corrected chi connectivity index (χ0v) is 18.3. The molecule has 0 amide bonds. The third kappa shape index (κ3) is 4.94. The molecule has 0 spiro atoms. The minimum Gasteiger partial charge on any atom is -0.433 e. The molecule has 2 aromatic heterocycles. The van der Waals surface area contributed by atoms with Gasteiger partial charge in [0.15, 0.2) is 5.78 Å². The second-order valence-electron chi connectivity index (χ2n) is 7.73. The first kappa shape index (κ1) is 25.7. The highest BCUT2D eigenvalue weighted by Gasteiger charge is 2.59. The van der Waals surface area contributed by atoms with E-state index in [1.807, 2.05) is 0 Å². The number of ether oxygens (including phenoxy) is 2. The Hall–Kier alpha value is -2.93. The van der Waals surface area contributed by atoms with Crippen molar-refractivity contribution in [1.82, 2.24) is 9.97 Å². The first-order valence-electron chi connectivity index (χ1n) is 9.51. The van der Waals surface area contributed by atoms with E-state index in [0.717, 1.165) is 24.5 Å². The summed E-state index contributed by atoms with van der Waals surface area (Å²) in [5.41, 5.74) is 0.629. The molecule has 0 saturated heterocycles. The van der Waals surface area contributed by atoms with Crippen LogP contribution < -0.4 is 10.5 Å². The summed E-state index contributed by atoms with van der Waals surface area (Å²) in [6, 6.07) is 2.12. The smallest absolute Gasteiger partial charge is 0.424 e. The molecule has 3 rings (SSSR count). The number of hydrogen-bond acceptors (Lipinski definition) is 7. The Morgan fingerprint density at radius 2 is 1.94 bits per heavy atom. The fourth-order valence-electron chi connectivity index (χ4n) is 3.16. The Kier molecular flexibility index (Phi) is 6.82. The van der Waals surface area contributed by atoms with Crippen LogP contribution in [-0.4, -0.2) is 46.6 Å². The zero-order valence-electron chi connectivity index (χ0n) is 17.6. The Labute approximate surface area is 193 Å². The van der Waals surface area contributed by atoms with Gasteiger partial charge in [0.2, 0.25) is 5.60 Å². The van der Waals surface area contributed by atoms with Gasteiger partial charge in [-0.2, -0.15) is 22.0 Å². The van der Waals surface area contributed by atoms with Gasteiger partial charge in [0, 0.05) is 17.3 Å². The van der Waals surface area contributed by atoms with Crippen LogP contribution in [0.5, 0.6) is 5.75 Å². The maximum Gasteiger partial charge on any atom is 0.424 e. The highest BCUT2D eigenvalue weighted by Crippen LogP contribution is 2.41. The predicted octanol–water partition coefficient (Wildman–Crippen LogP) is 4.22. The molecule has 0 radical (unpaired) electrons. The van der Waals surface area contributed by atoms with Crippen molar-refractivity contribution in [2.75, 3.05) is 6.61 Å². The van der Waals surface area contributed by atoms with Gasteiger partial charge in [0.25, 0.3) is 0 Å². The van der Waals surface area contributed by atoms with Crippen LogP contribution >= 0.6 is 11.6 Å². The number of aromatic nitrogens is 2. The first-order valence-corrected chi connectivity index (χ1v) is 9.89. The molecular weight excluding hydrogens is 494 g/mol. The molecule has 1 aliphatic rings. The molecule has 0 saturated carbocycles. The van der Waals surface area contributed by atoms with E-state index in [9.17, 15) is 31.1 Å². The number of Topliss-reactive ketones (excluding diaryl/α,β-unsaturated/α-hetero) is 1. The van der Waals surface area contributed by atoms with Crippen molar-refractivity contribution in [2.24, 2.45) is 10.7 Å². The Balaban J connectivity index is 1.88. The summed E-state index contributed by atoms with van der Waals surface area (Å²) in [5, 5.41) is -0.262. The SMILES string of the molecule is C[C@@]1(c2cc(CC(=O)c3ncc(OC(F)F)cc3Cl)ncc2F)CO[C@@](C)(C(F)(F)F)C(N)=N1. The fraction of sp³-hybridized carbons (Fsp3) is 0.400. The minimum atomic E-state index is -4.85. The van der Waals surface area contributed by atoms with Gasteiger partial charge in [-0.3, -0.25) is 14.8 Å². The van der Waals surface area contributed by atoms with Gasteiger partial charge in [-0.25, -0.2) is 9.37 Å². The number of nitrogens with two attached hydrogens (primary N) is 1. The average molecular weight is 511 g/mol. The van der Waals surface area contributed by atoms with Crippen LogP contribution in [0.1, 0.15) is 35.6 Å². The summed E-state index contributed by atoms with van der Waals surface area (Å²) in [7, 11) is 0. The monoisotopic (exact) mass is 510 g/mol. The lowest BCUT2D eigenvalue weighted by molar-refractivity contribution is -0.249. The number of halogens is 7. The van der Waals surface area contributed by atoms with E-state index in [0.29, 0.717) is 6.92 Å². The average Bonchev–Trinajstić information content (AvgIpc) is 2.71. The van der Waals surface area contributed by atoms with Gasteiger partial charge in [-0.15, -0.1) is 0 Å². The van der Waals surface area contributed by atoms with Crippen molar-refractivity contribution < 1.29 is 40.6 Å². The molecule has 1 aliphatic heterocycles. The van der Waals surface area contributed by atoms with Gasteiger partial charge in [-0.05, 0) is 19.9 Å². The number of aliphatic imine (C=N–C) groups is 1. The van der Waals surface area contributed by atoms with Gasteiger partial charge >= 0.3 is 12.8 Å². The number of nitrogens with zero attached hydrogens (tertiary/aromatic N) is 3. The number of carbonyl (C=O) groups excluding carboxylic acids is 1. The molecule has 2 atom stereocenters. The summed E-state index contributed by atoms with van der Waals surface area (Å²) >= 11 is 5.93. The van der Waals surface area contributed by atoms with Crippen LogP contribution in [-0.2, 0) is 16.7 Å². The number of alkyl halides is 5. The minimum absolute atomic E-state index is 0.0197. The van der Waals surface area contributed by atoms with E-state index >= 15 is 0 Å². The molecule has 2 N–H and O–H groups in total. The van der Waals surface area contributed by atoms with Crippen LogP contribution in [0.4, 0.5) is 26.3 Å². The molecule has 184 valence electrons. The Morgan fingerprint density at radius 3 is 2.50 bits per heavy atom. The standard InChI is InChI=1S/C20H17ClF6N4O3/c1-18(8-33-19(2,16(28)31-18)20(25,26)27)11-3-9(29-7-13(11)22)4-14(32)15-12(21)5-10(6-30-15)34-17(23)24/h3,5-7,17H,4,8H2,1-2H3,(H2,28,31)/t18-,19+/m0/s1. The van der Waals surface area contributed by atoms with E-state index in [-0.39, 0.29) is 27.7 Å². The number of hydrogen-bond donors (Lipinski definition) is 1. The second kappa shape index (κ2) is 9.02. The largest absolute Gasteiger partial charge is 0.433 e. The highest BCUT2D eigenvalue weighted by atomic mass is 35.5. The molecule has 2 aromatic rings. The van der Waals surface area contributed by atoms with Crippen molar-refractivity contribution in [3.63, 3.8) is 0 Å². The van der Waals surface area contributed by atoms with Crippen LogP contribution in [0.2, 0.25) is 5.02 Å². The van der Waals surface area contributed by atoms with Crippen LogP contribution in [0, 0.1) is 5.82 Å². The van der Waals surface area contributed by atoms with E-state index in [1.54, 1.807) is 0 Å². The number of ketones is 1. The lowest BCUT2D eigenvalue weighted by Gasteiger charge is -2.41. The van der Waals surface area contributed by atoms with Crippen LogP contribution in [0.15, 0.2) is 29.5 Å². The quantitative estimate of drug-likeness (QED) is 0.461. The summed E-state index contributed by atoms with van der Waals surface area (Å²) in [4.78, 5) is 24.0. The van der Waals surface area contributed by atoms with Gasteiger partial charge < -0.3 is 15.2 Å². The summed E-state index contributed by atoms with van der Waals surface area (Å²) < 4.78 is 88.3. The molecule has 7 nitrogen and oxygen atoms in total. The third-order valence-corrected chi connectivity index (χ3v) is 5.47. The molecule has 0 unspecified atom stereocenters. The van der Waals surface area contributed by atoms with Crippen molar-refractivity contribution in [1.29, 1.82) is 0 Å². The van der Waals surface area contributed by atoms with Gasteiger partial charge in [0.05, 0.1) is 30.4 Å². The number of amidine groups is 1. The lowest BCUT2D eigenvalue weighted by atomic mass is 9.89. The summed E-state index contributed by atoms with van der Waals surface area (Å²) in [6.45, 7) is -1.74. The summed E-state index contributed by atoms with van der Waals surface area (Å²) in [6.07, 6.45) is -3.63. The molecule has 0 aliphatic carbocycles. The van der Waals surface area contributed by atoms with E-state index in [4.69, 9.17) is 22.1 Å². The van der Waals surface area contributed by atoms with Crippen molar-refractivity contribution in [3.8, 4) is 5.75 Å². The van der Waals surface area contributed by atoms with Crippen LogP contribution in [0.3, 0.4) is 0 Å². The fourth-order valence-corrected chi connectivity index (χ4v) is 3.42. The Bertz CT molecular complexity index is 1150. The maximum atomic E-state index is 14.6. The van der Waals surface area contributed by atoms with E-state index < -0.39 is 54.4 Å². The van der Waals surface area contributed by atoms with Gasteiger partial charge in [-0.1, -0.05) is 11.6 Å². The third-order valence-electron chi connectivity index (χ3n) is 5.18. The second-order valence-corrected chi connectivity index (χ2v) is 8.13. The van der Waals surface area contributed by atoms with E-state index in [1.165, 1.54) is 6.92 Å². The normalized spacial score (nSPS) is 23.1. The Morgan fingerprint density at radius 1 is 1.26 bits per heavy atom. The highest BCUT2D eigenvalue weighted by molar-refractivity contribution is 6.33. The summed E-state index contributed by atoms with van der Waals surface area (Å²) in [5.74, 6) is -2.83. The van der Waals surface area contributed by atoms with Crippen molar-refractivity contribution in [3.05, 3.63) is 52.3 Å². The van der Waals surface area contributed by atoms with E-state index in [2.05, 4.69) is 19.7 Å². The maximum absolute atomic E-state index is 14.6. The molecule has 0 bridgehead atoms. The molecule has 14 heteroatoms. The molecule has 0 fully saturated rings. The zero-order chi connectivity index (χ0) is 25.5. The van der Waals surface area contributed by atoms with Crippen LogP contribution in [0.25, 0.3) is 0 Å². The molecule has 34 heavy (non-hydrogen) atoms. The number of carbonyl (C=O) groups is 1. The van der Waals surface area contributed by atoms with Crippen molar-refractivity contribution in [2.45, 2.75) is 44.2 Å². The predicted molar refractivity (Wildman–Crippen MR) is 107 cm³/mol.